The Bertz CT molecular complexity index is 71.5. The Kier molecular flexibility index (Phi) is 2.97. The quantitative estimate of drug-likeness (QED) is 0.449. The lowest BCUT2D eigenvalue weighted by Gasteiger charge is -2.11. The first-order chi connectivity index (χ1) is 4.43. The molecule has 1 aliphatic heterocycles. The molecule has 0 aromatic heterocycles. The van der Waals surface area contributed by atoms with Gasteiger partial charge in [-0.25, -0.2) is 4.89 Å². The maximum Gasteiger partial charge on any atom is 0.0946 e. The summed E-state index contributed by atoms with van der Waals surface area (Å²) in [5.74, 6) is 0. The number of hydrogen-bond acceptors (Lipinski definition) is 3. The Morgan fingerprint density at radius 2 is 2.00 bits per heavy atom. The summed E-state index contributed by atoms with van der Waals surface area (Å²) in [6, 6.07) is 0. The summed E-state index contributed by atoms with van der Waals surface area (Å²) in [6.07, 6.45) is 2.59. The van der Waals surface area contributed by atoms with E-state index in [2.05, 4.69) is 9.79 Å². The molecule has 0 spiro atoms. The zero-order chi connectivity index (χ0) is 6.53. The lowest BCUT2D eigenvalue weighted by atomic mass is 10.4. The van der Waals surface area contributed by atoms with Crippen molar-refractivity contribution < 1.29 is 10.1 Å². The fourth-order valence-electron chi connectivity index (χ4n) is 1.18. The minimum absolute atomic E-state index is 0.444. The van der Waals surface area contributed by atoms with Gasteiger partial charge in [0.05, 0.1) is 6.61 Å². The van der Waals surface area contributed by atoms with E-state index in [1.165, 1.54) is 25.9 Å². The lowest BCUT2D eigenvalue weighted by molar-refractivity contribution is -0.243. The van der Waals surface area contributed by atoms with Crippen LogP contribution in [0.4, 0.5) is 0 Å². The Morgan fingerprint density at radius 1 is 1.33 bits per heavy atom. The highest BCUT2D eigenvalue weighted by Crippen LogP contribution is 2.05. The number of nitrogens with zero attached hydrogens (tertiary/aromatic N) is 1. The van der Waals surface area contributed by atoms with Gasteiger partial charge in [-0.1, -0.05) is 0 Å². The highest BCUT2D eigenvalue weighted by atomic mass is 17.1. The second-order valence-electron chi connectivity index (χ2n) is 2.38. The molecule has 0 aliphatic carbocycles. The Balaban J connectivity index is 1.98. The minimum atomic E-state index is 0.444. The van der Waals surface area contributed by atoms with Crippen LogP contribution in [-0.2, 0) is 4.89 Å². The summed E-state index contributed by atoms with van der Waals surface area (Å²) in [7, 11) is 0. The third-order valence-corrected chi connectivity index (χ3v) is 1.70. The summed E-state index contributed by atoms with van der Waals surface area (Å²) in [6.45, 7) is 3.66. The number of rotatable bonds is 3. The predicted octanol–water partition coefficient (Wildman–Crippen LogP) is 0.572. The lowest BCUT2D eigenvalue weighted by Crippen LogP contribution is -2.23. The van der Waals surface area contributed by atoms with E-state index in [4.69, 9.17) is 5.26 Å². The van der Waals surface area contributed by atoms with Gasteiger partial charge in [0.25, 0.3) is 0 Å². The van der Waals surface area contributed by atoms with Crippen LogP contribution in [0.15, 0.2) is 0 Å². The third kappa shape index (κ3) is 2.30. The van der Waals surface area contributed by atoms with Gasteiger partial charge in [0.15, 0.2) is 0 Å². The molecule has 0 bridgehead atoms. The van der Waals surface area contributed by atoms with Gasteiger partial charge in [0.1, 0.15) is 0 Å². The SMILES string of the molecule is OOCCN1CCCC1. The first kappa shape index (κ1) is 6.99. The average Bonchev–Trinajstić information content (AvgIpc) is 2.34. The van der Waals surface area contributed by atoms with Gasteiger partial charge in [-0.2, -0.15) is 0 Å². The van der Waals surface area contributed by atoms with E-state index in [1.54, 1.807) is 0 Å². The Labute approximate surface area is 55.2 Å². The number of likely N-dealkylation sites (tertiary alicyclic amines) is 1. The second-order valence-corrected chi connectivity index (χ2v) is 2.38. The molecular weight excluding hydrogens is 118 g/mol. The molecule has 0 saturated carbocycles. The van der Waals surface area contributed by atoms with Crippen LogP contribution in [0.2, 0.25) is 0 Å². The molecular formula is C6H13NO2. The van der Waals surface area contributed by atoms with Crippen molar-refractivity contribution in [2.45, 2.75) is 12.8 Å². The van der Waals surface area contributed by atoms with Gasteiger partial charge in [0.2, 0.25) is 0 Å². The first-order valence-corrected chi connectivity index (χ1v) is 3.42. The first-order valence-electron chi connectivity index (χ1n) is 3.42. The molecule has 0 atom stereocenters. The number of hydrogen-bond donors (Lipinski definition) is 1. The fourth-order valence-corrected chi connectivity index (χ4v) is 1.18. The molecule has 1 N–H and O–H groups in total. The van der Waals surface area contributed by atoms with Crippen LogP contribution in [-0.4, -0.2) is 36.4 Å². The normalized spacial score (nSPS) is 21.0. The third-order valence-electron chi connectivity index (χ3n) is 1.70. The van der Waals surface area contributed by atoms with E-state index < -0.39 is 0 Å². The van der Waals surface area contributed by atoms with E-state index in [-0.39, 0.29) is 0 Å². The average molecular weight is 131 g/mol. The van der Waals surface area contributed by atoms with Crippen molar-refractivity contribution in [3.8, 4) is 0 Å². The van der Waals surface area contributed by atoms with Gasteiger partial charge < -0.3 is 4.90 Å². The topological polar surface area (TPSA) is 32.7 Å². The Hall–Kier alpha value is -0.120. The largest absolute Gasteiger partial charge is 0.301 e. The molecule has 1 rings (SSSR count). The van der Waals surface area contributed by atoms with E-state index in [9.17, 15) is 0 Å². The standard InChI is InChI=1S/C6H13NO2/c8-9-6-5-7-3-1-2-4-7/h8H,1-6H2. The molecule has 3 heteroatoms. The molecule has 1 saturated heterocycles. The van der Waals surface area contributed by atoms with Crippen LogP contribution in [0.25, 0.3) is 0 Å². The zero-order valence-corrected chi connectivity index (χ0v) is 5.55. The van der Waals surface area contributed by atoms with Crippen molar-refractivity contribution in [2.75, 3.05) is 26.2 Å². The molecule has 0 amide bonds. The molecule has 0 aromatic carbocycles. The fraction of sp³-hybridized carbons (Fsp3) is 1.00. The molecule has 9 heavy (non-hydrogen) atoms. The van der Waals surface area contributed by atoms with Crippen LogP contribution in [0.3, 0.4) is 0 Å². The zero-order valence-electron chi connectivity index (χ0n) is 5.55. The highest BCUT2D eigenvalue weighted by molar-refractivity contribution is 4.64. The van der Waals surface area contributed by atoms with Crippen molar-refractivity contribution in [2.24, 2.45) is 0 Å². The van der Waals surface area contributed by atoms with Crippen molar-refractivity contribution >= 4 is 0 Å². The van der Waals surface area contributed by atoms with Crippen molar-refractivity contribution in [3.05, 3.63) is 0 Å². The summed E-state index contributed by atoms with van der Waals surface area (Å²) < 4.78 is 0. The van der Waals surface area contributed by atoms with Gasteiger partial charge in [0, 0.05) is 6.54 Å². The van der Waals surface area contributed by atoms with Gasteiger partial charge >= 0.3 is 0 Å². The van der Waals surface area contributed by atoms with Crippen LogP contribution in [0.1, 0.15) is 12.8 Å². The minimum Gasteiger partial charge on any atom is -0.301 e. The summed E-state index contributed by atoms with van der Waals surface area (Å²) in [5.41, 5.74) is 0. The molecule has 54 valence electrons. The van der Waals surface area contributed by atoms with Gasteiger partial charge in [-0.15, -0.1) is 0 Å². The second kappa shape index (κ2) is 3.82. The molecule has 1 heterocycles. The molecule has 3 nitrogen and oxygen atoms in total. The van der Waals surface area contributed by atoms with E-state index in [0.717, 1.165) is 6.54 Å². The molecule has 0 radical (unpaired) electrons. The Morgan fingerprint density at radius 3 is 2.56 bits per heavy atom. The van der Waals surface area contributed by atoms with Crippen LogP contribution in [0, 0.1) is 0 Å². The highest BCUT2D eigenvalue weighted by Gasteiger charge is 2.09. The molecule has 1 aliphatic rings. The summed E-state index contributed by atoms with van der Waals surface area (Å²) in [5, 5.41) is 8.00. The van der Waals surface area contributed by atoms with Crippen molar-refractivity contribution in [3.63, 3.8) is 0 Å². The van der Waals surface area contributed by atoms with E-state index in [0.29, 0.717) is 6.61 Å². The summed E-state index contributed by atoms with van der Waals surface area (Å²) >= 11 is 0. The monoisotopic (exact) mass is 131 g/mol. The van der Waals surface area contributed by atoms with Crippen LogP contribution in [0.5, 0.6) is 0 Å². The summed E-state index contributed by atoms with van der Waals surface area (Å²) in [4.78, 5) is 6.25. The van der Waals surface area contributed by atoms with E-state index >= 15 is 0 Å². The molecule has 0 unspecified atom stereocenters. The molecule has 1 fully saturated rings. The van der Waals surface area contributed by atoms with E-state index in [1.807, 2.05) is 0 Å². The maximum atomic E-state index is 8.00. The smallest absolute Gasteiger partial charge is 0.0946 e. The maximum absolute atomic E-state index is 8.00. The van der Waals surface area contributed by atoms with Crippen LogP contribution < -0.4 is 0 Å². The van der Waals surface area contributed by atoms with Gasteiger partial charge in [-0.3, -0.25) is 5.26 Å². The van der Waals surface area contributed by atoms with Crippen molar-refractivity contribution in [1.29, 1.82) is 0 Å². The van der Waals surface area contributed by atoms with Crippen LogP contribution >= 0.6 is 0 Å². The van der Waals surface area contributed by atoms with Gasteiger partial charge in [-0.05, 0) is 25.9 Å². The molecule has 0 aromatic rings. The van der Waals surface area contributed by atoms with Crippen molar-refractivity contribution in [1.82, 2.24) is 4.90 Å². The predicted molar refractivity (Wildman–Crippen MR) is 34.3 cm³/mol.